The first kappa shape index (κ1) is 52.4. The number of aromatic carboxylic acids is 1. The zero-order valence-corrected chi connectivity index (χ0v) is 41.5. The van der Waals surface area contributed by atoms with Gasteiger partial charge in [0.2, 0.25) is 0 Å². The molecule has 0 atom stereocenters. The van der Waals surface area contributed by atoms with Crippen LogP contribution in [-0.2, 0) is 13.1 Å². The number of halogens is 1. The van der Waals surface area contributed by atoms with E-state index in [-0.39, 0.29) is 11.5 Å². The number of aldehydes is 2. The van der Waals surface area contributed by atoms with Gasteiger partial charge in [-0.05, 0) is 101 Å². The molecule has 0 aliphatic carbocycles. The molecule has 0 radical (unpaired) electrons. The Balaban J connectivity index is 0.000000143. The van der Waals surface area contributed by atoms with E-state index in [2.05, 4.69) is 41.2 Å². The van der Waals surface area contributed by atoms with Gasteiger partial charge >= 0.3 is 5.97 Å². The van der Waals surface area contributed by atoms with Gasteiger partial charge in [-0.15, -0.1) is 0 Å². The molecular weight excluding hydrogens is 1000 g/mol. The number of fused-ring (bicyclic) bond motifs is 2. The van der Waals surface area contributed by atoms with Crippen molar-refractivity contribution in [3.05, 3.63) is 239 Å². The molecule has 0 fully saturated rings. The monoisotopic (exact) mass is 1050 g/mol. The molecule has 0 bridgehead atoms. The van der Waals surface area contributed by atoms with Gasteiger partial charge in [0.05, 0.1) is 58.9 Å². The summed E-state index contributed by atoms with van der Waals surface area (Å²) in [6, 6.07) is 47.8. The zero-order chi connectivity index (χ0) is 52.2. The maximum Gasteiger partial charge on any atom is 0.337 e. The number of furan rings is 4. The van der Waals surface area contributed by atoms with Gasteiger partial charge in [0, 0.05) is 45.9 Å². The molecule has 16 heteroatoms. The van der Waals surface area contributed by atoms with Gasteiger partial charge in [0.25, 0.3) is 5.91 Å². The highest BCUT2D eigenvalue weighted by molar-refractivity contribution is 9.10. The lowest BCUT2D eigenvalue weighted by Gasteiger charge is -2.07. The number of hydrogen-bond acceptors (Lipinski definition) is 13. The SMILES string of the molecule is Cc1nc2ncccc2cc1C(=O)NCc1cc(-c2ccccc2)co1.Cc1nc2ncccc2cc1C(=O)O.NCc1cc(-c2ccccc2)co1.O=Cc1cc(-c2ccccc2)co1.O=Cc1cc(Br)co1. The second-order valence-corrected chi connectivity index (χ2v) is 16.8. The third-order valence-corrected chi connectivity index (χ3v) is 11.1. The number of aromatic nitrogens is 4. The van der Waals surface area contributed by atoms with Crippen molar-refractivity contribution in [3.8, 4) is 33.4 Å². The van der Waals surface area contributed by atoms with E-state index in [9.17, 15) is 19.2 Å². The second-order valence-electron chi connectivity index (χ2n) is 15.9. The number of amides is 1. The van der Waals surface area contributed by atoms with Crippen molar-refractivity contribution in [3.63, 3.8) is 0 Å². The summed E-state index contributed by atoms with van der Waals surface area (Å²) >= 11 is 3.12. The summed E-state index contributed by atoms with van der Waals surface area (Å²) in [5.41, 5.74) is 14.9. The highest BCUT2D eigenvalue weighted by Crippen LogP contribution is 2.24. The van der Waals surface area contributed by atoms with E-state index >= 15 is 0 Å². The Hall–Kier alpha value is -9.38. The molecule has 0 saturated carbocycles. The number of carboxylic acids is 1. The van der Waals surface area contributed by atoms with Crippen molar-refractivity contribution in [1.82, 2.24) is 25.3 Å². The Kier molecular flexibility index (Phi) is 18.6. The average Bonchev–Trinajstić information content (AvgIpc) is 4.30. The fourth-order valence-corrected chi connectivity index (χ4v) is 7.33. The number of carbonyl (C=O) groups excluding carboxylic acids is 3. The van der Waals surface area contributed by atoms with Crippen LogP contribution in [0.25, 0.3) is 55.4 Å². The van der Waals surface area contributed by atoms with E-state index in [1.807, 2.05) is 128 Å². The normalized spacial score (nSPS) is 10.3. The lowest BCUT2D eigenvalue weighted by molar-refractivity contribution is 0.0695. The number of nitrogens with two attached hydrogens (primary N) is 1. The molecule has 11 rings (SSSR count). The number of aryl methyl sites for hydroxylation is 2. The highest BCUT2D eigenvalue weighted by Gasteiger charge is 2.14. The van der Waals surface area contributed by atoms with Crippen molar-refractivity contribution in [2.75, 3.05) is 0 Å². The Labute approximate surface area is 432 Å². The van der Waals surface area contributed by atoms with Crippen LogP contribution < -0.4 is 11.1 Å². The maximum absolute atomic E-state index is 12.5. The second kappa shape index (κ2) is 26.2. The topological polar surface area (TPSA) is 231 Å². The van der Waals surface area contributed by atoms with Crippen LogP contribution in [-0.4, -0.2) is 49.5 Å². The third-order valence-electron chi connectivity index (χ3n) is 10.7. The number of hydrogen-bond donors (Lipinski definition) is 3. The van der Waals surface area contributed by atoms with Crippen molar-refractivity contribution < 1.29 is 42.0 Å². The first-order chi connectivity index (χ1) is 36.0. The van der Waals surface area contributed by atoms with Gasteiger partial charge in [-0.3, -0.25) is 14.4 Å². The minimum atomic E-state index is -0.958. The summed E-state index contributed by atoms with van der Waals surface area (Å²) in [7, 11) is 0. The van der Waals surface area contributed by atoms with E-state index in [0.29, 0.717) is 71.2 Å². The Morgan fingerprint density at radius 3 is 1.45 bits per heavy atom. The van der Waals surface area contributed by atoms with E-state index in [1.54, 1.807) is 68.4 Å². The number of nitrogens with one attached hydrogen (secondary N) is 1. The number of benzene rings is 3. The van der Waals surface area contributed by atoms with E-state index in [4.69, 9.17) is 28.5 Å². The summed E-state index contributed by atoms with van der Waals surface area (Å²) in [4.78, 5) is 60.4. The molecule has 3 aromatic carbocycles. The Morgan fingerprint density at radius 2 is 1.00 bits per heavy atom. The Morgan fingerprint density at radius 1 is 0.554 bits per heavy atom. The Bertz CT molecular complexity index is 3590. The summed E-state index contributed by atoms with van der Waals surface area (Å²) < 4.78 is 21.3. The van der Waals surface area contributed by atoms with Crippen LogP contribution >= 0.6 is 15.9 Å². The molecule has 0 saturated heterocycles. The quantitative estimate of drug-likeness (QED) is 0.108. The van der Waals surface area contributed by atoms with E-state index in [1.165, 1.54) is 6.26 Å². The van der Waals surface area contributed by atoms with Gasteiger partial charge in [-0.2, -0.15) is 0 Å². The molecule has 11 aromatic rings. The minimum Gasteiger partial charge on any atom is -0.478 e. The molecule has 0 unspecified atom stereocenters. The van der Waals surface area contributed by atoms with Crippen LogP contribution in [0.2, 0.25) is 0 Å². The predicted molar refractivity (Wildman–Crippen MR) is 284 cm³/mol. The number of carbonyl (C=O) groups is 4. The van der Waals surface area contributed by atoms with Crippen molar-refractivity contribution in [1.29, 1.82) is 0 Å². The molecule has 370 valence electrons. The van der Waals surface area contributed by atoms with Crippen LogP contribution in [0.5, 0.6) is 0 Å². The van der Waals surface area contributed by atoms with Crippen molar-refractivity contribution in [2.45, 2.75) is 26.9 Å². The van der Waals surface area contributed by atoms with Gasteiger partial charge in [0.15, 0.2) is 35.4 Å². The predicted octanol–water partition coefficient (Wildman–Crippen LogP) is 12.8. The molecule has 4 N–H and O–H groups in total. The molecule has 0 aliphatic heterocycles. The number of carboxylic acid groups (broad SMARTS) is 1. The molecule has 8 aromatic heterocycles. The lowest BCUT2D eigenvalue weighted by atomic mass is 10.1. The summed E-state index contributed by atoms with van der Waals surface area (Å²) in [5, 5.41) is 13.3. The standard InChI is InChI=1S/C21H17N3O2.C11H11NO.C11H8O2.C10H8N2O2.C5H3BrO2/c1-14-19(11-16-8-5-9-22-20(16)24-14)21(25)23-12-18-10-17(13-26-18)15-6-3-2-4-7-15;2*12-7-11-6-10(8-13-11)9-4-2-1-3-5-9;1-6-8(10(13)14)5-7-3-2-4-11-9(7)12-6;6-4-1-5(2-7)8-3-4/h2-11,13H,12H2,1H3,(H,23,25);1-6,8H,7,12H2;1-8H;2-5H,1H3,(H,13,14);1-3H. The average molecular weight is 1050 g/mol. The molecule has 1 amide bonds. The third kappa shape index (κ3) is 14.6. The van der Waals surface area contributed by atoms with Gasteiger partial charge in [-0.1, -0.05) is 91.0 Å². The number of nitrogens with zero attached hydrogens (tertiary/aromatic N) is 4. The lowest BCUT2D eigenvalue weighted by Crippen LogP contribution is -2.23. The minimum absolute atomic E-state index is 0.182. The summed E-state index contributed by atoms with van der Waals surface area (Å²) in [6.45, 7) is 4.24. The van der Waals surface area contributed by atoms with E-state index in [0.717, 1.165) is 54.4 Å². The smallest absolute Gasteiger partial charge is 0.337 e. The number of rotatable bonds is 10. The van der Waals surface area contributed by atoms with Crippen LogP contribution in [0, 0.1) is 13.8 Å². The van der Waals surface area contributed by atoms with Gasteiger partial charge in [-0.25, -0.2) is 24.7 Å². The van der Waals surface area contributed by atoms with Crippen LogP contribution in [0.15, 0.2) is 211 Å². The first-order valence-electron chi connectivity index (χ1n) is 22.7. The van der Waals surface area contributed by atoms with Crippen LogP contribution in [0.1, 0.15) is 64.7 Å². The van der Waals surface area contributed by atoms with E-state index < -0.39 is 5.97 Å². The van der Waals surface area contributed by atoms with Gasteiger partial charge < -0.3 is 33.8 Å². The summed E-state index contributed by atoms with van der Waals surface area (Å²) in [6.07, 6.45) is 11.2. The van der Waals surface area contributed by atoms with Gasteiger partial charge in [0.1, 0.15) is 17.8 Å². The van der Waals surface area contributed by atoms with Crippen molar-refractivity contribution >= 4 is 62.4 Å². The van der Waals surface area contributed by atoms with Crippen molar-refractivity contribution in [2.24, 2.45) is 5.73 Å². The molecular formula is C58H47BrN6O9. The molecule has 0 aliphatic rings. The fraction of sp³-hybridized carbons (Fsp3) is 0.0690. The first-order valence-corrected chi connectivity index (χ1v) is 23.5. The summed E-state index contributed by atoms with van der Waals surface area (Å²) in [5.74, 6) is 1.08. The number of pyridine rings is 4. The maximum atomic E-state index is 12.5. The van der Waals surface area contributed by atoms with Crippen LogP contribution in [0.3, 0.4) is 0 Å². The zero-order valence-electron chi connectivity index (χ0n) is 39.9. The van der Waals surface area contributed by atoms with Crippen LogP contribution in [0.4, 0.5) is 0 Å². The largest absolute Gasteiger partial charge is 0.478 e. The molecule has 74 heavy (non-hydrogen) atoms. The molecule has 8 heterocycles. The fourth-order valence-electron chi connectivity index (χ4n) is 7.01. The molecule has 15 nitrogen and oxygen atoms in total. The molecule has 0 spiro atoms. The highest BCUT2D eigenvalue weighted by atomic mass is 79.9.